The molecule has 0 radical (unpaired) electrons. The molecule has 1 aromatic heterocycles. The number of nitrogens with one attached hydrogen (secondary N) is 2. The van der Waals surface area contributed by atoms with E-state index in [0.29, 0.717) is 19.7 Å². The molecule has 2 N–H and O–H groups in total. The predicted octanol–water partition coefficient (Wildman–Crippen LogP) is 4.86. The molecule has 3 aromatic rings. The van der Waals surface area contributed by atoms with Gasteiger partial charge in [0, 0.05) is 32.1 Å². The molecule has 0 aliphatic carbocycles. The number of hydrogen-bond acceptors (Lipinski definition) is 4. The van der Waals surface area contributed by atoms with Crippen molar-refractivity contribution in [1.82, 2.24) is 15.8 Å². The van der Waals surface area contributed by atoms with Crippen LogP contribution in [-0.2, 0) is 32.5 Å². The third kappa shape index (κ3) is 6.99. The summed E-state index contributed by atoms with van der Waals surface area (Å²) in [5.41, 5.74) is 4.44. The molecule has 0 amide bonds. The monoisotopic (exact) mass is 534 g/mol. The quantitative estimate of drug-likeness (QED) is 0.233. The summed E-state index contributed by atoms with van der Waals surface area (Å²) in [5.74, 6) is 2.53. The van der Waals surface area contributed by atoms with Crippen LogP contribution < -0.4 is 15.4 Å². The Morgan fingerprint density at radius 3 is 2.29 bits per heavy atom. The first-order chi connectivity index (χ1) is 14.7. The lowest BCUT2D eigenvalue weighted by Gasteiger charge is -2.15. The Morgan fingerprint density at radius 2 is 1.61 bits per heavy atom. The van der Waals surface area contributed by atoms with Crippen molar-refractivity contribution in [1.29, 1.82) is 0 Å². The molecular weight excluding hydrogens is 503 g/mol. The summed E-state index contributed by atoms with van der Waals surface area (Å²) in [5, 5.41) is 10.9. The highest BCUT2D eigenvalue weighted by atomic mass is 127. The molecule has 0 aliphatic rings. The van der Waals surface area contributed by atoms with Gasteiger partial charge in [-0.05, 0) is 29.7 Å². The van der Waals surface area contributed by atoms with Crippen LogP contribution in [0.2, 0.25) is 0 Å². The molecule has 1 heterocycles. The van der Waals surface area contributed by atoms with Crippen molar-refractivity contribution >= 4 is 29.9 Å². The van der Waals surface area contributed by atoms with Crippen molar-refractivity contribution in [2.75, 3.05) is 7.05 Å². The number of rotatable bonds is 9. The van der Waals surface area contributed by atoms with Gasteiger partial charge in [-0.25, -0.2) is 0 Å². The van der Waals surface area contributed by atoms with Crippen molar-refractivity contribution in [3.05, 3.63) is 82.7 Å². The number of halogens is 1. The zero-order valence-corrected chi connectivity index (χ0v) is 20.7. The standard InChI is InChI=1S/C24H30N4O2.HI/c1-4-22-21(23(5-2)30-28-22)16-27-24(25-3)26-15-18-11-9-10-12-19(18)17-29-20-13-7-6-8-14-20;/h6-14H,4-5,15-17H2,1-3H3,(H2,25,26,27);1H. The highest BCUT2D eigenvalue weighted by molar-refractivity contribution is 14.0. The molecule has 0 unspecified atom stereocenters. The number of para-hydroxylation sites is 1. The molecule has 3 rings (SSSR count). The van der Waals surface area contributed by atoms with Crippen LogP contribution in [0.1, 0.15) is 42.0 Å². The molecule has 0 saturated carbocycles. The first-order valence-electron chi connectivity index (χ1n) is 10.4. The summed E-state index contributed by atoms with van der Waals surface area (Å²) < 4.78 is 11.4. The maximum absolute atomic E-state index is 5.92. The third-order valence-electron chi connectivity index (χ3n) is 4.97. The van der Waals surface area contributed by atoms with Gasteiger partial charge >= 0.3 is 0 Å². The van der Waals surface area contributed by atoms with E-state index in [1.807, 2.05) is 42.5 Å². The topological polar surface area (TPSA) is 71.7 Å². The summed E-state index contributed by atoms with van der Waals surface area (Å²) in [6.07, 6.45) is 1.67. The highest BCUT2D eigenvalue weighted by Crippen LogP contribution is 2.16. The zero-order chi connectivity index (χ0) is 21.2. The second kappa shape index (κ2) is 13.0. The van der Waals surface area contributed by atoms with E-state index in [0.717, 1.165) is 47.1 Å². The predicted molar refractivity (Wildman–Crippen MR) is 135 cm³/mol. The Hall–Kier alpha value is -2.55. The minimum Gasteiger partial charge on any atom is -0.489 e. The van der Waals surface area contributed by atoms with Gasteiger partial charge in [0.05, 0.1) is 5.69 Å². The van der Waals surface area contributed by atoms with Crippen LogP contribution in [0.25, 0.3) is 0 Å². The number of benzene rings is 2. The van der Waals surface area contributed by atoms with Crippen LogP contribution in [0.5, 0.6) is 5.75 Å². The molecule has 0 aliphatic heterocycles. The number of ether oxygens (including phenoxy) is 1. The lowest BCUT2D eigenvalue weighted by Crippen LogP contribution is -2.36. The van der Waals surface area contributed by atoms with Crippen molar-refractivity contribution in [2.24, 2.45) is 4.99 Å². The fourth-order valence-electron chi connectivity index (χ4n) is 3.26. The highest BCUT2D eigenvalue weighted by Gasteiger charge is 2.13. The summed E-state index contributed by atoms with van der Waals surface area (Å²) in [6.45, 7) is 5.97. The summed E-state index contributed by atoms with van der Waals surface area (Å²) >= 11 is 0. The van der Waals surface area contributed by atoms with Crippen LogP contribution in [0.15, 0.2) is 64.1 Å². The maximum atomic E-state index is 5.92. The van der Waals surface area contributed by atoms with Gasteiger partial charge in [-0.15, -0.1) is 24.0 Å². The van der Waals surface area contributed by atoms with E-state index < -0.39 is 0 Å². The van der Waals surface area contributed by atoms with Gasteiger partial charge in [0.15, 0.2) is 5.96 Å². The van der Waals surface area contributed by atoms with Crippen molar-refractivity contribution < 1.29 is 9.26 Å². The van der Waals surface area contributed by atoms with E-state index in [1.54, 1.807) is 7.05 Å². The molecule has 166 valence electrons. The number of guanidine groups is 1. The van der Waals surface area contributed by atoms with E-state index in [2.05, 4.69) is 46.8 Å². The maximum Gasteiger partial charge on any atom is 0.191 e. The number of aryl methyl sites for hydroxylation is 2. The summed E-state index contributed by atoms with van der Waals surface area (Å²) in [4.78, 5) is 4.35. The van der Waals surface area contributed by atoms with Crippen LogP contribution in [-0.4, -0.2) is 18.2 Å². The fourth-order valence-corrected chi connectivity index (χ4v) is 3.26. The Kier molecular flexibility index (Phi) is 10.4. The molecule has 0 spiro atoms. The largest absolute Gasteiger partial charge is 0.489 e. The molecule has 7 heteroatoms. The molecule has 0 atom stereocenters. The normalized spacial score (nSPS) is 11.0. The van der Waals surface area contributed by atoms with Gasteiger partial charge in [0.25, 0.3) is 0 Å². The Balaban J connectivity index is 0.00000341. The van der Waals surface area contributed by atoms with Gasteiger partial charge in [0.1, 0.15) is 18.1 Å². The van der Waals surface area contributed by atoms with Gasteiger partial charge < -0.3 is 19.9 Å². The Labute approximate surface area is 201 Å². The van der Waals surface area contributed by atoms with Gasteiger partial charge in [-0.1, -0.05) is 61.5 Å². The minimum absolute atomic E-state index is 0. The lowest BCUT2D eigenvalue weighted by atomic mass is 10.1. The van der Waals surface area contributed by atoms with E-state index >= 15 is 0 Å². The van der Waals surface area contributed by atoms with Gasteiger partial charge in [0.2, 0.25) is 0 Å². The average molecular weight is 534 g/mol. The zero-order valence-electron chi connectivity index (χ0n) is 18.4. The third-order valence-corrected chi connectivity index (χ3v) is 4.97. The molecule has 0 bridgehead atoms. The van der Waals surface area contributed by atoms with Crippen molar-refractivity contribution in [2.45, 2.75) is 46.4 Å². The second-order valence-electron chi connectivity index (χ2n) is 6.89. The molecule has 0 saturated heterocycles. The van der Waals surface area contributed by atoms with Crippen molar-refractivity contribution in [3.8, 4) is 5.75 Å². The number of aromatic nitrogens is 1. The van der Waals surface area contributed by atoms with E-state index in [-0.39, 0.29) is 24.0 Å². The summed E-state index contributed by atoms with van der Waals surface area (Å²) in [6, 6.07) is 18.1. The van der Waals surface area contributed by atoms with Gasteiger partial charge in [-0.2, -0.15) is 0 Å². The van der Waals surface area contributed by atoms with Crippen molar-refractivity contribution in [3.63, 3.8) is 0 Å². The van der Waals surface area contributed by atoms with E-state index in [4.69, 9.17) is 9.26 Å². The molecule has 31 heavy (non-hydrogen) atoms. The molecule has 6 nitrogen and oxygen atoms in total. The first-order valence-corrected chi connectivity index (χ1v) is 10.4. The molecule has 0 fully saturated rings. The lowest BCUT2D eigenvalue weighted by molar-refractivity contribution is 0.305. The van der Waals surface area contributed by atoms with Crippen LogP contribution in [0, 0.1) is 0 Å². The van der Waals surface area contributed by atoms with Gasteiger partial charge in [-0.3, -0.25) is 4.99 Å². The molecular formula is C24H31IN4O2. The smallest absolute Gasteiger partial charge is 0.191 e. The number of hydrogen-bond donors (Lipinski definition) is 2. The molecule has 2 aromatic carbocycles. The van der Waals surface area contributed by atoms with E-state index in [9.17, 15) is 0 Å². The minimum atomic E-state index is 0. The van der Waals surface area contributed by atoms with Crippen LogP contribution >= 0.6 is 24.0 Å². The number of nitrogens with zero attached hydrogens (tertiary/aromatic N) is 2. The van der Waals surface area contributed by atoms with Crippen LogP contribution in [0.3, 0.4) is 0 Å². The second-order valence-corrected chi connectivity index (χ2v) is 6.89. The Bertz CT molecular complexity index is 936. The average Bonchev–Trinajstić information content (AvgIpc) is 3.21. The summed E-state index contributed by atoms with van der Waals surface area (Å²) in [7, 11) is 1.77. The number of aliphatic imine (C=N–C) groups is 1. The fraction of sp³-hybridized carbons (Fsp3) is 0.333. The van der Waals surface area contributed by atoms with E-state index in [1.165, 1.54) is 5.56 Å². The SMILES string of the molecule is CCc1noc(CC)c1CNC(=NC)NCc1ccccc1COc1ccccc1.I. The Morgan fingerprint density at radius 1 is 0.935 bits per heavy atom. The van der Waals surface area contributed by atoms with Crippen LogP contribution in [0.4, 0.5) is 0 Å². The first kappa shape index (κ1) is 24.7.